The van der Waals surface area contributed by atoms with Crippen LogP contribution in [0.4, 0.5) is 4.79 Å². The summed E-state index contributed by atoms with van der Waals surface area (Å²) in [6.45, 7) is 3.74. The van der Waals surface area contributed by atoms with Gasteiger partial charge in [-0.25, -0.2) is 4.79 Å². The molecule has 0 spiro atoms. The van der Waals surface area contributed by atoms with Gasteiger partial charge in [0, 0.05) is 25.0 Å². The van der Waals surface area contributed by atoms with Crippen LogP contribution in [0, 0.1) is 5.92 Å². The maximum absolute atomic E-state index is 14.1. The molecule has 2 fully saturated rings. The number of hydrogen-bond donors (Lipinski definition) is 3. The summed E-state index contributed by atoms with van der Waals surface area (Å²) in [6, 6.07) is 14.8. The second-order valence-electron chi connectivity index (χ2n) is 13.3. The van der Waals surface area contributed by atoms with Gasteiger partial charge in [-0.2, -0.15) is 0 Å². The molecule has 276 valence electrons. The minimum absolute atomic E-state index is 0.00222. The molecule has 3 N–H and O–H groups in total. The van der Waals surface area contributed by atoms with Crippen molar-refractivity contribution < 1.29 is 37.8 Å². The van der Waals surface area contributed by atoms with E-state index in [9.17, 15) is 24.1 Å². The van der Waals surface area contributed by atoms with E-state index in [4.69, 9.17) is 25.4 Å². The maximum Gasteiger partial charge on any atom is 0.408 e. The van der Waals surface area contributed by atoms with Gasteiger partial charge in [-0.3, -0.25) is 14.2 Å². The number of rotatable bonds is 19. The Labute approximate surface area is 301 Å². The molecular weight excluding hydrogens is 681 g/mol. The molecule has 2 aromatic carbocycles. The zero-order chi connectivity index (χ0) is 36.1. The summed E-state index contributed by atoms with van der Waals surface area (Å²) >= 11 is 6.21. The van der Waals surface area contributed by atoms with Crippen molar-refractivity contribution in [3.63, 3.8) is 0 Å². The Balaban J connectivity index is 1.49. The van der Waals surface area contributed by atoms with Crippen LogP contribution in [-0.4, -0.2) is 72.6 Å². The zero-order valence-corrected chi connectivity index (χ0v) is 31.1. The average Bonchev–Trinajstić information content (AvgIpc) is 3.89. The van der Waals surface area contributed by atoms with Gasteiger partial charge in [0.15, 0.2) is 5.85 Å². The Morgan fingerprint density at radius 3 is 2.30 bits per heavy atom. The van der Waals surface area contributed by atoms with E-state index in [0.29, 0.717) is 37.3 Å². The van der Waals surface area contributed by atoms with Gasteiger partial charge in [-0.1, -0.05) is 86.2 Å². The van der Waals surface area contributed by atoms with E-state index in [0.717, 1.165) is 43.2 Å². The molecule has 2 saturated carbocycles. The number of aliphatic hydroxyl groups is 1. The van der Waals surface area contributed by atoms with Crippen LogP contribution < -0.4 is 10.6 Å². The lowest BCUT2D eigenvalue weighted by Crippen LogP contribution is -2.53. The van der Waals surface area contributed by atoms with E-state index in [-0.39, 0.29) is 37.9 Å². The third-order valence-corrected chi connectivity index (χ3v) is 12.0. The van der Waals surface area contributed by atoms with Crippen molar-refractivity contribution in [2.75, 3.05) is 26.8 Å². The summed E-state index contributed by atoms with van der Waals surface area (Å²) in [5.74, 6) is -2.34. The lowest BCUT2D eigenvalue weighted by atomic mass is 9.84. The quantitative estimate of drug-likeness (QED) is 0.132. The average molecular weight is 734 g/mol. The summed E-state index contributed by atoms with van der Waals surface area (Å²) in [5, 5.41) is 17.6. The molecule has 3 amide bonds. The highest BCUT2D eigenvalue weighted by Crippen LogP contribution is 2.53. The first kappa shape index (κ1) is 39.8. The number of hydrogen-bond acceptors (Lipinski definition) is 8. The molecule has 0 radical (unpaired) electrons. The fourth-order valence-corrected chi connectivity index (χ4v) is 8.51. The molecule has 0 bridgehead atoms. The topological polar surface area (TPSA) is 144 Å². The van der Waals surface area contributed by atoms with Gasteiger partial charge < -0.3 is 34.4 Å². The van der Waals surface area contributed by atoms with Crippen molar-refractivity contribution >= 4 is 37.1 Å². The molecule has 0 aromatic heterocycles. The Kier molecular flexibility index (Phi) is 15.2. The van der Waals surface area contributed by atoms with Crippen molar-refractivity contribution in [1.29, 1.82) is 0 Å². The SMILES string of the molecule is CCOP(=O)(OCC)C(O)[C@H](CCC(=O)N(C)CCc1ccccc1)NC(=O)[C@H](CC1CCCCC1)NC(=O)OC1(c2cccc(Cl)c2)CC1. The van der Waals surface area contributed by atoms with Crippen LogP contribution in [0.5, 0.6) is 0 Å². The van der Waals surface area contributed by atoms with E-state index < -0.39 is 43.1 Å². The van der Waals surface area contributed by atoms with Crippen LogP contribution in [-0.2, 0) is 40.0 Å². The van der Waals surface area contributed by atoms with E-state index in [1.165, 1.54) is 0 Å². The fraction of sp³-hybridized carbons (Fsp3) is 0.595. The molecular formula is C37H53ClN3O8P. The first-order valence-corrected chi connectivity index (χ1v) is 19.9. The van der Waals surface area contributed by atoms with Crippen molar-refractivity contribution in [1.82, 2.24) is 15.5 Å². The lowest BCUT2D eigenvalue weighted by Gasteiger charge is -2.32. The van der Waals surface area contributed by atoms with Gasteiger partial charge in [0.05, 0.1) is 19.3 Å². The predicted octanol–water partition coefficient (Wildman–Crippen LogP) is 6.94. The molecule has 13 heteroatoms. The summed E-state index contributed by atoms with van der Waals surface area (Å²) in [7, 11) is -2.42. The number of nitrogens with zero attached hydrogens (tertiary/aromatic N) is 1. The van der Waals surface area contributed by atoms with Gasteiger partial charge >= 0.3 is 13.7 Å². The Morgan fingerprint density at radius 2 is 1.68 bits per heavy atom. The van der Waals surface area contributed by atoms with Crippen molar-refractivity contribution in [2.24, 2.45) is 5.92 Å². The Bertz CT molecular complexity index is 1440. The van der Waals surface area contributed by atoms with Crippen LogP contribution in [0.25, 0.3) is 0 Å². The van der Waals surface area contributed by atoms with E-state index in [1.807, 2.05) is 36.4 Å². The fourth-order valence-electron chi connectivity index (χ4n) is 6.56. The largest absolute Gasteiger partial charge is 0.438 e. The monoisotopic (exact) mass is 733 g/mol. The van der Waals surface area contributed by atoms with Gasteiger partial charge in [0.25, 0.3) is 0 Å². The molecule has 4 rings (SSSR count). The number of amides is 3. The number of aliphatic hydroxyl groups excluding tert-OH is 1. The highest BCUT2D eigenvalue weighted by atomic mass is 35.5. The first-order valence-electron chi connectivity index (χ1n) is 17.9. The molecule has 1 unspecified atom stereocenters. The van der Waals surface area contributed by atoms with E-state index >= 15 is 0 Å². The summed E-state index contributed by atoms with van der Waals surface area (Å²) in [4.78, 5) is 42.3. The van der Waals surface area contributed by atoms with Crippen molar-refractivity contribution in [3.8, 4) is 0 Å². The molecule has 11 nitrogen and oxygen atoms in total. The van der Waals surface area contributed by atoms with Crippen LogP contribution in [0.2, 0.25) is 5.02 Å². The highest BCUT2D eigenvalue weighted by Gasteiger charge is 2.49. The number of carbonyl (C=O) groups is 3. The summed E-state index contributed by atoms with van der Waals surface area (Å²) in [6.07, 6.45) is 6.52. The van der Waals surface area contributed by atoms with E-state index in [1.54, 1.807) is 44.0 Å². The number of halogens is 1. The predicted molar refractivity (Wildman–Crippen MR) is 193 cm³/mol. The number of alkyl carbamates (subject to hydrolysis) is 1. The smallest absolute Gasteiger partial charge is 0.408 e. The van der Waals surface area contributed by atoms with Crippen molar-refractivity contribution in [2.45, 2.75) is 108 Å². The van der Waals surface area contributed by atoms with Gasteiger partial charge in [-0.15, -0.1) is 0 Å². The molecule has 0 aliphatic heterocycles. The standard InChI is InChI=1S/C37H53ClN3O8P/c1-4-47-50(46,48-5-2)35(44)31(19-20-33(42)41(3)24-21-27-13-8-6-9-14-27)39-34(43)32(25-28-15-10-7-11-16-28)40-36(45)49-37(22-23-37)29-17-12-18-30(38)26-29/h6,8-9,12-14,17-18,26,28,31-32,35,44H,4-5,7,10-11,15-16,19-25H2,1-3H3,(H,39,43)(H,40,45)/t31-,32-,35?/m0/s1. The molecule has 0 heterocycles. The number of likely N-dealkylation sites (N-methyl/N-ethyl adjacent to an activating group) is 1. The van der Waals surface area contributed by atoms with Crippen LogP contribution >= 0.6 is 19.2 Å². The number of ether oxygens (including phenoxy) is 1. The summed E-state index contributed by atoms with van der Waals surface area (Å²) in [5.41, 5.74) is 1.07. The third kappa shape index (κ3) is 11.5. The lowest BCUT2D eigenvalue weighted by molar-refractivity contribution is -0.131. The molecule has 2 aromatic rings. The van der Waals surface area contributed by atoms with Gasteiger partial charge in [0.2, 0.25) is 11.8 Å². The summed E-state index contributed by atoms with van der Waals surface area (Å²) < 4.78 is 30.5. The number of benzene rings is 2. The number of carbonyl (C=O) groups excluding carboxylic acids is 3. The minimum Gasteiger partial charge on any atom is -0.438 e. The zero-order valence-electron chi connectivity index (χ0n) is 29.5. The molecule has 0 saturated heterocycles. The number of nitrogens with one attached hydrogen (secondary N) is 2. The van der Waals surface area contributed by atoms with Crippen LogP contribution in [0.15, 0.2) is 54.6 Å². The molecule has 3 atom stereocenters. The van der Waals surface area contributed by atoms with Gasteiger partial charge in [-0.05, 0) is 75.1 Å². The van der Waals surface area contributed by atoms with Crippen LogP contribution in [0.1, 0.15) is 89.2 Å². The molecule has 50 heavy (non-hydrogen) atoms. The normalized spacial score (nSPS) is 17.6. The van der Waals surface area contributed by atoms with Crippen molar-refractivity contribution in [3.05, 3.63) is 70.7 Å². The maximum atomic E-state index is 14.1. The third-order valence-electron chi connectivity index (χ3n) is 9.55. The first-order chi connectivity index (χ1) is 24.0. The van der Waals surface area contributed by atoms with Gasteiger partial charge in [0.1, 0.15) is 11.6 Å². The highest BCUT2D eigenvalue weighted by molar-refractivity contribution is 7.54. The second-order valence-corrected chi connectivity index (χ2v) is 15.9. The molecule has 2 aliphatic rings. The Morgan fingerprint density at radius 1 is 1.00 bits per heavy atom. The minimum atomic E-state index is -4.12. The molecule has 2 aliphatic carbocycles. The van der Waals surface area contributed by atoms with E-state index in [2.05, 4.69) is 10.6 Å². The second kappa shape index (κ2) is 19.0. The van der Waals surface area contributed by atoms with Crippen LogP contribution in [0.3, 0.4) is 0 Å². The Hall–Kier alpha value is -2.95.